The molecule has 1 unspecified atom stereocenters. The van der Waals surface area contributed by atoms with Crippen LogP contribution in [0.4, 0.5) is 0 Å². The number of hydrogen-bond donors (Lipinski definition) is 1. The van der Waals surface area contributed by atoms with Gasteiger partial charge in [-0.1, -0.05) is 12.1 Å². The van der Waals surface area contributed by atoms with E-state index in [0.717, 1.165) is 24.2 Å². The van der Waals surface area contributed by atoms with Gasteiger partial charge in [-0.15, -0.1) is 0 Å². The summed E-state index contributed by atoms with van der Waals surface area (Å²) in [5, 5.41) is 0. The van der Waals surface area contributed by atoms with E-state index in [1.807, 2.05) is 31.2 Å². The van der Waals surface area contributed by atoms with Gasteiger partial charge in [0.2, 0.25) is 0 Å². The van der Waals surface area contributed by atoms with Crippen LogP contribution in [0.3, 0.4) is 0 Å². The zero-order valence-electron chi connectivity index (χ0n) is 11.3. The fourth-order valence-electron chi connectivity index (χ4n) is 1.79. The van der Waals surface area contributed by atoms with Crippen molar-refractivity contribution in [1.82, 2.24) is 4.98 Å². The predicted octanol–water partition coefficient (Wildman–Crippen LogP) is 2.94. The molecule has 2 aromatic rings. The maximum absolute atomic E-state index is 5.75. The first kappa shape index (κ1) is 13.6. The molecule has 1 aromatic heterocycles. The molecule has 0 aliphatic carbocycles. The number of rotatable bonds is 6. The lowest BCUT2D eigenvalue weighted by Gasteiger charge is -2.08. The summed E-state index contributed by atoms with van der Waals surface area (Å²) >= 11 is 0. The highest BCUT2D eigenvalue weighted by Crippen LogP contribution is 2.15. The van der Waals surface area contributed by atoms with E-state index in [-0.39, 0.29) is 6.04 Å². The minimum atomic E-state index is 0.252. The van der Waals surface area contributed by atoms with Crippen LogP contribution < -0.4 is 10.5 Å². The van der Waals surface area contributed by atoms with Gasteiger partial charge in [-0.05, 0) is 55.2 Å². The highest BCUT2D eigenvalue weighted by Gasteiger charge is 1.99. The summed E-state index contributed by atoms with van der Waals surface area (Å²) in [4.78, 5) is 3.98. The van der Waals surface area contributed by atoms with Crippen molar-refractivity contribution in [2.45, 2.75) is 32.4 Å². The topological polar surface area (TPSA) is 48.1 Å². The van der Waals surface area contributed by atoms with E-state index in [9.17, 15) is 0 Å². The molecule has 3 heteroatoms. The van der Waals surface area contributed by atoms with Crippen LogP contribution in [0.25, 0.3) is 0 Å². The minimum Gasteiger partial charge on any atom is -0.489 e. The largest absolute Gasteiger partial charge is 0.489 e. The van der Waals surface area contributed by atoms with Gasteiger partial charge < -0.3 is 10.5 Å². The molecule has 0 radical (unpaired) electrons. The average Bonchev–Trinajstić information content (AvgIpc) is 2.45. The molecule has 0 aliphatic heterocycles. The maximum atomic E-state index is 5.75. The van der Waals surface area contributed by atoms with Crippen molar-refractivity contribution in [2.24, 2.45) is 5.73 Å². The van der Waals surface area contributed by atoms with Crippen LogP contribution >= 0.6 is 0 Å². The summed E-state index contributed by atoms with van der Waals surface area (Å²) in [6.07, 6.45) is 5.57. The van der Waals surface area contributed by atoms with E-state index in [1.165, 1.54) is 5.56 Å². The summed E-state index contributed by atoms with van der Waals surface area (Å²) in [6, 6.07) is 12.4. The normalized spacial score (nSPS) is 12.1. The number of aryl methyl sites for hydroxylation is 1. The minimum absolute atomic E-state index is 0.252. The Balaban J connectivity index is 1.85. The molecule has 0 saturated carbocycles. The van der Waals surface area contributed by atoms with Crippen LogP contribution in [0.2, 0.25) is 0 Å². The first-order valence-electron chi connectivity index (χ1n) is 6.60. The van der Waals surface area contributed by atoms with Crippen LogP contribution in [0.15, 0.2) is 48.8 Å². The summed E-state index contributed by atoms with van der Waals surface area (Å²) in [7, 11) is 0. The molecule has 0 amide bonds. The van der Waals surface area contributed by atoms with Crippen molar-refractivity contribution >= 4 is 0 Å². The van der Waals surface area contributed by atoms with Crippen LogP contribution in [0, 0.1) is 0 Å². The summed E-state index contributed by atoms with van der Waals surface area (Å²) in [6.45, 7) is 2.61. The van der Waals surface area contributed by atoms with Crippen LogP contribution in [0.5, 0.6) is 5.75 Å². The molecular formula is C16H20N2O. The van der Waals surface area contributed by atoms with Crippen LogP contribution in [-0.2, 0) is 13.0 Å². The zero-order valence-corrected chi connectivity index (χ0v) is 11.3. The van der Waals surface area contributed by atoms with Gasteiger partial charge in [0.05, 0.1) is 0 Å². The molecule has 19 heavy (non-hydrogen) atoms. The molecule has 0 saturated heterocycles. The van der Waals surface area contributed by atoms with Gasteiger partial charge in [-0.3, -0.25) is 4.98 Å². The SMILES string of the molecule is CC(N)CCc1ccc(OCc2ccncc2)cc1. The molecule has 1 aromatic carbocycles. The van der Waals surface area contributed by atoms with Gasteiger partial charge in [0.15, 0.2) is 0 Å². The molecule has 0 fully saturated rings. The van der Waals surface area contributed by atoms with Gasteiger partial charge in [0.25, 0.3) is 0 Å². The Morgan fingerprint density at radius 1 is 1.05 bits per heavy atom. The van der Waals surface area contributed by atoms with Gasteiger partial charge in [0, 0.05) is 18.4 Å². The highest BCUT2D eigenvalue weighted by atomic mass is 16.5. The van der Waals surface area contributed by atoms with Gasteiger partial charge in [-0.25, -0.2) is 0 Å². The lowest BCUT2D eigenvalue weighted by Crippen LogP contribution is -2.15. The van der Waals surface area contributed by atoms with Gasteiger partial charge >= 0.3 is 0 Å². The van der Waals surface area contributed by atoms with Crippen molar-refractivity contribution in [2.75, 3.05) is 0 Å². The fraction of sp³-hybridized carbons (Fsp3) is 0.312. The molecule has 3 nitrogen and oxygen atoms in total. The Morgan fingerprint density at radius 2 is 1.74 bits per heavy atom. The third-order valence-electron chi connectivity index (χ3n) is 2.97. The second kappa shape index (κ2) is 6.90. The number of aromatic nitrogens is 1. The third-order valence-corrected chi connectivity index (χ3v) is 2.97. The van der Waals surface area contributed by atoms with E-state index in [4.69, 9.17) is 10.5 Å². The lowest BCUT2D eigenvalue weighted by molar-refractivity contribution is 0.306. The monoisotopic (exact) mass is 256 g/mol. The van der Waals surface area contributed by atoms with Gasteiger partial charge in [-0.2, -0.15) is 0 Å². The molecule has 1 atom stereocenters. The Kier molecular flexibility index (Phi) is 4.93. The van der Waals surface area contributed by atoms with Crippen molar-refractivity contribution in [3.05, 3.63) is 59.9 Å². The van der Waals surface area contributed by atoms with Crippen LogP contribution in [0.1, 0.15) is 24.5 Å². The van der Waals surface area contributed by atoms with E-state index in [0.29, 0.717) is 6.61 Å². The Labute approximate surface area is 114 Å². The lowest BCUT2D eigenvalue weighted by atomic mass is 10.1. The first-order chi connectivity index (χ1) is 9.24. The Hall–Kier alpha value is -1.87. The quantitative estimate of drug-likeness (QED) is 0.864. The molecule has 2 N–H and O–H groups in total. The molecule has 0 bridgehead atoms. The second-order valence-electron chi connectivity index (χ2n) is 4.80. The standard InChI is InChI=1S/C16H20N2O/c1-13(17)2-3-14-4-6-16(7-5-14)19-12-15-8-10-18-11-9-15/h4-11,13H,2-3,12,17H2,1H3. The summed E-state index contributed by atoms with van der Waals surface area (Å²) in [5.74, 6) is 0.890. The van der Waals surface area contributed by atoms with E-state index in [1.54, 1.807) is 12.4 Å². The van der Waals surface area contributed by atoms with E-state index in [2.05, 4.69) is 17.1 Å². The molecular weight excluding hydrogens is 236 g/mol. The smallest absolute Gasteiger partial charge is 0.119 e. The van der Waals surface area contributed by atoms with Crippen molar-refractivity contribution < 1.29 is 4.74 Å². The number of nitrogens with zero attached hydrogens (tertiary/aromatic N) is 1. The second-order valence-corrected chi connectivity index (χ2v) is 4.80. The van der Waals surface area contributed by atoms with Gasteiger partial charge in [0.1, 0.15) is 12.4 Å². The molecule has 2 rings (SSSR count). The van der Waals surface area contributed by atoms with Crippen LogP contribution in [-0.4, -0.2) is 11.0 Å². The Bertz CT molecular complexity index is 480. The molecule has 100 valence electrons. The van der Waals surface area contributed by atoms with E-state index >= 15 is 0 Å². The number of benzene rings is 1. The highest BCUT2D eigenvalue weighted by molar-refractivity contribution is 5.27. The number of nitrogens with two attached hydrogens (primary N) is 1. The third kappa shape index (κ3) is 4.72. The predicted molar refractivity (Wildman–Crippen MR) is 77.0 cm³/mol. The molecule has 1 heterocycles. The zero-order chi connectivity index (χ0) is 13.5. The maximum Gasteiger partial charge on any atom is 0.119 e. The first-order valence-corrected chi connectivity index (χ1v) is 6.60. The number of pyridine rings is 1. The number of hydrogen-bond acceptors (Lipinski definition) is 3. The Morgan fingerprint density at radius 3 is 2.37 bits per heavy atom. The molecule has 0 spiro atoms. The van der Waals surface area contributed by atoms with E-state index < -0.39 is 0 Å². The summed E-state index contributed by atoms with van der Waals surface area (Å²) < 4.78 is 5.72. The van der Waals surface area contributed by atoms with Crippen molar-refractivity contribution in [3.63, 3.8) is 0 Å². The summed E-state index contributed by atoms with van der Waals surface area (Å²) in [5.41, 5.74) is 8.17. The van der Waals surface area contributed by atoms with Crippen molar-refractivity contribution in [3.8, 4) is 5.75 Å². The fourth-order valence-corrected chi connectivity index (χ4v) is 1.79. The number of ether oxygens (including phenoxy) is 1. The average molecular weight is 256 g/mol. The molecule has 0 aliphatic rings. The van der Waals surface area contributed by atoms with Crippen molar-refractivity contribution in [1.29, 1.82) is 0 Å².